The molecule has 0 amide bonds. The van der Waals surface area contributed by atoms with Gasteiger partial charge in [0.05, 0.1) is 11.4 Å². The summed E-state index contributed by atoms with van der Waals surface area (Å²) in [5, 5.41) is 9.63. The molecule has 2 N–H and O–H groups in total. The summed E-state index contributed by atoms with van der Waals surface area (Å²) in [5.41, 5.74) is 1.30. The second-order valence-corrected chi connectivity index (χ2v) is 5.91. The van der Waals surface area contributed by atoms with Crippen molar-refractivity contribution in [2.75, 3.05) is 0 Å². The van der Waals surface area contributed by atoms with Gasteiger partial charge in [0.25, 0.3) is 0 Å². The number of hydrogen-bond acceptors (Lipinski definition) is 4. The molecular weight excluding hydrogens is 315 g/mol. The third-order valence-electron chi connectivity index (χ3n) is 3.11. The third kappa shape index (κ3) is 3.81. The Labute approximate surface area is 132 Å². The van der Waals surface area contributed by atoms with E-state index in [1.54, 1.807) is 24.3 Å². The summed E-state index contributed by atoms with van der Waals surface area (Å²) in [4.78, 5) is 18.0. The number of rotatable bonds is 4. The van der Waals surface area contributed by atoms with E-state index >= 15 is 0 Å². The van der Waals surface area contributed by atoms with E-state index in [4.69, 9.17) is 14.3 Å². The number of phosphoric acid groups is 1. The van der Waals surface area contributed by atoms with Crippen LogP contribution in [-0.2, 0) is 4.57 Å². The number of fused-ring (bicyclic) bond motifs is 1. The zero-order valence-corrected chi connectivity index (χ0v) is 12.8. The second-order valence-electron chi connectivity index (χ2n) is 4.75. The molecule has 3 aromatic rings. The smallest absolute Gasteiger partial charge is 0.404 e. The Bertz CT molecular complexity index is 906. The molecule has 3 rings (SSSR count). The lowest BCUT2D eigenvalue weighted by atomic mass is 10.1. The molecule has 116 valence electrons. The number of hydrogen-bond donors (Lipinski definition) is 2. The zero-order valence-electron chi connectivity index (χ0n) is 11.9. The van der Waals surface area contributed by atoms with Crippen molar-refractivity contribution in [2.45, 2.75) is 0 Å². The normalized spacial score (nSPS) is 11.9. The van der Waals surface area contributed by atoms with Crippen LogP contribution in [0.15, 0.2) is 77.0 Å². The molecule has 0 aliphatic carbocycles. The molecule has 0 aliphatic rings. The third-order valence-corrected chi connectivity index (χ3v) is 3.54. The predicted molar refractivity (Wildman–Crippen MR) is 87.2 cm³/mol. The first kappa shape index (κ1) is 15.4. The molecule has 0 heterocycles. The van der Waals surface area contributed by atoms with E-state index in [9.17, 15) is 4.57 Å². The van der Waals surface area contributed by atoms with Crippen LogP contribution >= 0.6 is 7.82 Å². The van der Waals surface area contributed by atoms with Crippen LogP contribution in [0.2, 0.25) is 0 Å². The molecule has 6 nitrogen and oxygen atoms in total. The van der Waals surface area contributed by atoms with Crippen LogP contribution in [0.4, 0.5) is 11.4 Å². The summed E-state index contributed by atoms with van der Waals surface area (Å²) in [5.74, 6) is 0.104. The Balaban J connectivity index is 2.04. The van der Waals surface area contributed by atoms with Crippen LogP contribution in [0, 0.1) is 0 Å². The van der Waals surface area contributed by atoms with E-state index < -0.39 is 7.82 Å². The fraction of sp³-hybridized carbons (Fsp3) is 0. The van der Waals surface area contributed by atoms with Crippen molar-refractivity contribution >= 4 is 30.0 Å². The molecule has 0 aliphatic heterocycles. The molecule has 0 atom stereocenters. The Morgan fingerprint density at radius 3 is 2.13 bits per heavy atom. The summed E-state index contributed by atoms with van der Waals surface area (Å²) in [6, 6.07) is 19.4. The van der Waals surface area contributed by atoms with Gasteiger partial charge in [-0.15, -0.1) is 5.11 Å². The monoisotopic (exact) mass is 328 g/mol. The maximum Gasteiger partial charge on any atom is 0.524 e. The van der Waals surface area contributed by atoms with Crippen molar-refractivity contribution < 1.29 is 18.9 Å². The first-order valence-corrected chi connectivity index (χ1v) is 8.30. The van der Waals surface area contributed by atoms with Gasteiger partial charge in [-0.1, -0.05) is 42.5 Å². The van der Waals surface area contributed by atoms with Gasteiger partial charge in [-0.05, 0) is 24.3 Å². The van der Waals surface area contributed by atoms with Crippen molar-refractivity contribution in [2.24, 2.45) is 10.2 Å². The van der Waals surface area contributed by atoms with E-state index in [0.29, 0.717) is 22.1 Å². The van der Waals surface area contributed by atoms with Crippen LogP contribution in [0.25, 0.3) is 10.8 Å². The second kappa shape index (κ2) is 6.30. The van der Waals surface area contributed by atoms with Gasteiger partial charge in [0, 0.05) is 10.8 Å². The van der Waals surface area contributed by atoms with Crippen LogP contribution in [-0.4, -0.2) is 9.79 Å². The lowest BCUT2D eigenvalue weighted by Crippen LogP contribution is -1.91. The first-order chi connectivity index (χ1) is 11.0. The van der Waals surface area contributed by atoms with E-state index in [1.807, 2.05) is 36.4 Å². The molecule has 0 bridgehead atoms. The fourth-order valence-electron chi connectivity index (χ4n) is 2.16. The quantitative estimate of drug-likeness (QED) is 0.535. The number of benzene rings is 3. The number of azo groups is 1. The Kier molecular flexibility index (Phi) is 4.21. The van der Waals surface area contributed by atoms with Crippen molar-refractivity contribution in [3.05, 3.63) is 66.7 Å². The highest BCUT2D eigenvalue weighted by atomic mass is 31.2. The zero-order chi connectivity index (χ0) is 16.3. The van der Waals surface area contributed by atoms with Crippen molar-refractivity contribution in [1.82, 2.24) is 0 Å². The Morgan fingerprint density at radius 2 is 1.43 bits per heavy atom. The highest BCUT2D eigenvalue weighted by Gasteiger charge is 2.18. The molecule has 23 heavy (non-hydrogen) atoms. The topological polar surface area (TPSA) is 91.5 Å². The molecule has 0 saturated heterocycles. The molecule has 3 aromatic carbocycles. The van der Waals surface area contributed by atoms with Gasteiger partial charge in [0.2, 0.25) is 0 Å². The minimum Gasteiger partial charge on any atom is -0.404 e. The van der Waals surface area contributed by atoms with Crippen LogP contribution < -0.4 is 4.52 Å². The lowest BCUT2D eigenvalue weighted by molar-refractivity contribution is 0.284. The molecule has 0 aromatic heterocycles. The SMILES string of the molecule is O=P(O)(O)Oc1ccc(N=Nc2ccccc2)c2ccccc12. The van der Waals surface area contributed by atoms with E-state index in [0.717, 1.165) is 0 Å². The van der Waals surface area contributed by atoms with Crippen molar-refractivity contribution in [1.29, 1.82) is 0 Å². The lowest BCUT2D eigenvalue weighted by Gasteiger charge is -2.10. The van der Waals surface area contributed by atoms with Gasteiger partial charge in [-0.2, -0.15) is 5.11 Å². The van der Waals surface area contributed by atoms with Gasteiger partial charge >= 0.3 is 7.82 Å². The molecule has 0 spiro atoms. The molecule has 0 unspecified atom stereocenters. The van der Waals surface area contributed by atoms with Gasteiger partial charge in [0.1, 0.15) is 5.75 Å². The maximum absolute atomic E-state index is 11.1. The minimum absolute atomic E-state index is 0.104. The molecule has 0 fully saturated rings. The van der Waals surface area contributed by atoms with Gasteiger partial charge in [-0.3, -0.25) is 9.79 Å². The van der Waals surface area contributed by atoms with Crippen LogP contribution in [0.5, 0.6) is 5.75 Å². The van der Waals surface area contributed by atoms with Crippen molar-refractivity contribution in [3.8, 4) is 5.75 Å². The number of phosphoric ester groups is 1. The van der Waals surface area contributed by atoms with Gasteiger partial charge in [-0.25, -0.2) is 4.57 Å². The minimum atomic E-state index is -4.62. The first-order valence-electron chi connectivity index (χ1n) is 6.77. The summed E-state index contributed by atoms with van der Waals surface area (Å²) in [7, 11) is -4.62. The summed E-state index contributed by atoms with van der Waals surface area (Å²) < 4.78 is 15.8. The maximum atomic E-state index is 11.1. The van der Waals surface area contributed by atoms with Gasteiger partial charge < -0.3 is 4.52 Å². The molecule has 0 saturated carbocycles. The number of nitrogens with zero attached hydrogens (tertiary/aromatic N) is 2. The molecular formula is C16H13N2O4P. The van der Waals surface area contributed by atoms with Crippen LogP contribution in [0.1, 0.15) is 0 Å². The van der Waals surface area contributed by atoms with E-state index in [-0.39, 0.29) is 5.75 Å². The molecule has 7 heteroatoms. The molecule has 0 radical (unpaired) electrons. The summed E-state index contributed by atoms with van der Waals surface area (Å²) >= 11 is 0. The highest BCUT2D eigenvalue weighted by molar-refractivity contribution is 7.46. The summed E-state index contributed by atoms with van der Waals surface area (Å²) in [6.07, 6.45) is 0. The van der Waals surface area contributed by atoms with E-state index in [1.165, 1.54) is 6.07 Å². The van der Waals surface area contributed by atoms with E-state index in [2.05, 4.69) is 10.2 Å². The largest absolute Gasteiger partial charge is 0.524 e. The Hall–Kier alpha value is -2.53. The Morgan fingerprint density at radius 1 is 0.783 bits per heavy atom. The highest BCUT2D eigenvalue weighted by Crippen LogP contribution is 2.42. The standard InChI is InChI=1S/C16H13N2O4P/c19-23(20,21)22-16-11-10-15(13-8-4-5-9-14(13)16)18-17-12-6-2-1-3-7-12/h1-11H,(H2,19,20,21). The summed E-state index contributed by atoms with van der Waals surface area (Å²) in [6.45, 7) is 0. The van der Waals surface area contributed by atoms with Crippen LogP contribution in [0.3, 0.4) is 0 Å². The average molecular weight is 328 g/mol. The van der Waals surface area contributed by atoms with Crippen molar-refractivity contribution in [3.63, 3.8) is 0 Å². The fourth-order valence-corrected chi connectivity index (χ4v) is 2.57. The average Bonchev–Trinajstić information content (AvgIpc) is 2.54. The van der Waals surface area contributed by atoms with Gasteiger partial charge in [0.15, 0.2) is 0 Å². The predicted octanol–water partition coefficient (Wildman–Crippen LogP) is 4.73.